The highest BCUT2D eigenvalue weighted by Gasteiger charge is 2.27. The van der Waals surface area contributed by atoms with Crippen LogP contribution in [0.5, 0.6) is 11.5 Å². The van der Waals surface area contributed by atoms with Crippen molar-refractivity contribution in [3.8, 4) is 11.5 Å². The van der Waals surface area contributed by atoms with Gasteiger partial charge in [0.2, 0.25) is 0 Å². The Balaban J connectivity index is 1.86. The van der Waals surface area contributed by atoms with Gasteiger partial charge < -0.3 is 20.6 Å². The highest BCUT2D eigenvalue weighted by Crippen LogP contribution is 2.26. The Morgan fingerprint density at radius 3 is 2.41 bits per heavy atom. The molecule has 0 bridgehead atoms. The van der Waals surface area contributed by atoms with E-state index in [9.17, 15) is 29.7 Å². The number of aliphatic carboxylic acids is 1. The zero-order valence-corrected chi connectivity index (χ0v) is 14.0. The number of carbonyl (C=O) groups is 3. The first-order chi connectivity index (χ1) is 12.9. The van der Waals surface area contributed by atoms with Gasteiger partial charge >= 0.3 is 5.97 Å². The number of carboxylic acid groups (broad SMARTS) is 1. The number of amides is 2. The van der Waals surface area contributed by atoms with Crippen LogP contribution in [0.4, 0.5) is 0 Å². The Morgan fingerprint density at radius 1 is 1.04 bits per heavy atom. The topological polar surface area (TPSA) is 136 Å². The molecular formula is C19H16N2O6. The fraction of sp³-hybridized carbons (Fsp3) is 0.105. The number of aromatic hydroxyl groups is 2. The van der Waals surface area contributed by atoms with E-state index in [2.05, 4.69) is 10.6 Å². The average Bonchev–Trinajstić information content (AvgIpc) is 2.63. The molecule has 2 aromatic carbocycles. The molecule has 0 saturated heterocycles. The fourth-order valence-electron chi connectivity index (χ4n) is 2.75. The highest BCUT2D eigenvalue weighted by atomic mass is 16.4. The van der Waals surface area contributed by atoms with E-state index in [0.717, 1.165) is 0 Å². The van der Waals surface area contributed by atoms with Crippen LogP contribution in [0.25, 0.3) is 5.57 Å². The van der Waals surface area contributed by atoms with E-state index in [1.807, 2.05) is 0 Å². The van der Waals surface area contributed by atoms with Crippen molar-refractivity contribution in [3.05, 3.63) is 65.4 Å². The maximum Gasteiger partial charge on any atom is 0.326 e. The monoisotopic (exact) mass is 368 g/mol. The quantitative estimate of drug-likeness (QED) is 0.302. The summed E-state index contributed by atoms with van der Waals surface area (Å²) < 4.78 is 0. The molecule has 0 spiro atoms. The molecule has 8 nitrogen and oxygen atoms in total. The van der Waals surface area contributed by atoms with Crippen LogP contribution in [-0.2, 0) is 16.0 Å². The van der Waals surface area contributed by atoms with Gasteiger partial charge in [-0.1, -0.05) is 24.3 Å². The Morgan fingerprint density at radius 2 is 1.74 bits per heavy atom. The predicted molar refractivity (Wildman–Crippen MR) is 94.9 cm³/mol. The first kappa shape index (κ1) is 18.0. The summed E-state index contributed by atoms with van der Waals surface area (Å²) in [7, 11) is 0. The van der Waals surface area contributed by atoms with Gasteiger partial charge in [0, 0.05) is 23.7 Å². The van der Waals surface area contributed by atoms with E-state index in [1.54, 1.807) is 24.3 Å². The molecule has 0 radical (unpaired) electrons. The Bertz CT molecular complexity index is 966. The first-order valence-corrected chi connectivity index (χ1v) is 8.02. The second kappa shape index (κ2) is 7.20. The molecule has 1 unspecified atom stereocenters. The molecule has 5 N–H and O–H groups in total. The van der Waals surface area contributed by atoms with Gasteiger partial charge in [-0.25, -0.2) is 4.79 Å². The van der Waals surface area contributed by atoms with Gasteiger partial charge in [0.1, 0.15) is 6.04 Å². The third kappa shape index (κ3) is 3.74. The van der Waals surface area contributed by atoms with Crippen molar-refractivity contribution in [3.63, 3.8) is 0 Å². The molecule has 3 rings (SSSR count). The molecule has 2 aromatic rings. The van der Waals surface area contributed by atoms with Crippen molar-refractivity contribution in [1.82, 2.24) is 10.6 Å². The summed E-state index contributed by atoms with van der Waals surface area (Å²) in [5.41, 5.74) is 1.35. The molecule has 1 atom stereocenters. The van der Waals surface area contributed by atoms with E-state index < -0.39 is 23.8 Å². The average molecular weight is 368 g/mol. The van der Waals surface area contributed by atoms with Crippen molar-refractivity contribution in [2.75, 3.05) is 0 Å². The van der Waals surface area contributed by atoms with Crippen molar-refractivity contribution in [2.24, 2.45) is 0 Å². The molecule has 0 aromatic heterocycles. The molecule has 0 aliphatic carbocycles. The summed E-state index contributed by atoms with van der Waals surface area (Å²) in [6.07, 6.45) is 1.26. The number of phenols is 2. The summed E-state index contributed by atoms with van der Waals surface area (Å²) in [5, 5.41) is 33.2. The fourth-order valence-corrected chi connectivity index (χ4v) is 2.75. The summed E-state index contributed by atoms with van der Waals surface area (Å²) in [4.78, 5) is 35.6. The van der Waals surface area contributed by atoms with Crippen LogP contribution in [0.15, 0.2) is 48.7 Å². The standard InChI is InChI=1S/C19H16N2O6/c22-15-6-5-10(8-16(15)23)7-14(19(26)27)20-9-13-11-3-1-2-4-12(11)17(24)21-18(13)25/h1-6,8-9,14,20,22-23H,7H2,(H,26,27)(H,21,24,25). The normalized spacial score (nSPS) is 15.8. The van der Waals surface area contributed by atoms with Crippen LogP contribution in [0.2, 0.25) is 0 Å². The SMILES string of the molecule is O=C1NC(=O)c2ccccc2C1=CNC(Cc1ccc(O)c(O)c1)C(=O)O. The molecule has 1 heterocycles. The number of phenolic OH excluding ortho intramolecular Hbond substituents is 2. The van der Waals surface area contributed by atoms with Crippen LogP contribution in [0, 0.1) is 0 Å². The van der Waals surface area contributed by atoms with Crippen molar-refractivity contribution in [2.45, 2.75) is 12.5 Å². The van der Waals surface area contributed by atoms with Crippen molar-refractivity contribution < 1.29 is 29.7 Å². The van der Waals surface area contributed by atoms with Gasteiger partial charge in [-0.15, -0.1) is 0 Å². The second-order valence-electron chi connectivity index (χ2n) is 5.97. The number of hydrogen-bond donors (Lipinski definition) is 5. The molecule has 2 amide bonds. The number of benzene rings is 2. The summed E-state index contributed by atoms with van der Waals surface area (Å²) in [6.45, 7) is 0. The minimum Gasteiger partial charge on any atom is -0.504 e. The molecule has 138 valence electrons. The molecule has 1 aliphatic rings. The molecule has 0 saturated carbocycles. The lowest BCUT2D eigenvalue weighted by Gasteiger charge is -2.19. The van der Waals surface area contributed by atoms with Gasteiger partial charge in [0.25, 0.3) is 11.8 Å². The summed E-state index contributed by atoms with van der Waals surface area (Å²) >= 11 is 0. The minimum absolute atomic E-state index is 0.00481. The van der Waals surface area contributed by atoms with Crippen molar-refractivity contribution in [1.29, 1.82) is 0 Å². The zero-order chi connectivity index (χ0) is 19.6. The third-order valence-corrected chi connectivity index (χ3v) is 4.14. The largest absolute Gasteiger partial charge is 0.504 e. The van der Waals surface area contributed by atoms with Crippen LogP contribution >= 0.6 is 0 Å². The Hall–Kier alpha value is -3.81. The summed E-state index contributed by atoms with van der Waals surface area (Å²) in [5.74, 6) is -2.96. The number of hydrogen-bond acceptors (Lipinski definition) is 6. The lowest BCUT2D eigenvalue weighted by Crippen LogP contribution is -2.39. The Kier molecular flexibility index (Phi) is 4.80. The minimum atomic E-state index is -1.17. The van der Waals surface area contributed by atoms with Crippen LogP contribution in [0.3, 0.4) is 0 Å². The van der Waals surface area contributed by atoms with Crippen LogP contribution in [0.1, 0.15) is 21.5 Å². The summed E-state index contributed by atoms with van der Waals surface area (Å²) in [6, 6.07) is 9.43. The molecule has 1 aliphatic heterocycles. The molecular weight excluding hydrogens is 352 g/mol. The highest BCUT2D eigenvalue weighted by molar-refractivity contribution is 6.30. The van der Waals surface area contributed by atoms with Gasteiger partial charge in [-0.3, -0.25) is 14.9 Å². The zero-order valence-electron chi connectivity index (χ0n) is 14.0. The number of fused-ring (bicyclic) bond motifs is 1. The predicted octanol–water partition coefficient (Wildman–Crippen LogP) is 0.994. The second-order valence-corrected chi connectivity index (χ2v) is 5.97. The number of carboxylic acids is 1. The maximum absolute atomic E-state index is 12.1. The van der Waals surface area contributed by atoms with E-state index >= 15 is 0 Å². The molecule has 0 fully saturated rings. The van der Waals surface area contributed by atoms with E-state index in [-0.39, 0.29) is 23.5 Å². The lowest BCUT2D eigenvalue weighted by atomic mass is 9.95. The van der Waals surface area contributed by atoms with Gasteiger partial charge in [-0.2, -0.15) is 0 Å². The molecule has 27 heavy (non-hydrogen) atoms. The van der Waals surface area contributed by atoms with Gasteiger partial charge in [0.15, 0.2) is 11.5 Å². The number of nitrogens with one attached hydrogen (secondary N) is 2. The number of rotatable bonds is 5. The maximum atomic E-state index is 12.1. The first-order valence-electron chi connectivity index (χ1n) is 8.02. The lowest BCUT2D eigenvalue weighted by molar-refractivity contribution is -0.139. The van der Waals surface area contributed by atoms with E-state index in [1.165, 1.54) is 24.4 Å². The van der Waals surface area contributed by atoms with Gasteiger partial charge in [0.05, 0.1) is 5.57 Å². The Labute approximate surface area is 153 Å². The molecule has 8 heteroatoms. The van der Waals surface area contributed by atoms with Crippen LogP contribution < -0.4 is 10.6 Å². The van der Waals surface area contributed by atoms with Crippen molar-refractivity contribution >= 4 is 23.4 Å². The van der Waals surface area contributed by atoms with Gasteiger partial charge in [-0.05, 0) is 23.8 Å². The van der Waals surface area contributed by atoms with E-state index in [4.69, 9.17) is 0 Å². The van der Waals surface area contributed by atoms with Crippen LogP contribution in [-0.4, -0.2) is 39.1 Å². The third-order valence-electron chi connectivity index (χ3n) is 4.14. The smallest absolute Gasteiger partial charge is 0.326 e. The van der Waals surface area contributed by atoms with E-state index in [0.29, 0.717) is 16.7 Å². The number of carbonyl (C=O) groups excluding carboxylic acids is 2. The number of imide groups is 1.